The number of rotatable bonds is 5. The Balaban J connectivity index is 2.66. The van der Waals surface area contributed by atoms with Gasteiger partial charge in [-0.1, -0.05) is 46.9 Å². The first kappa shape index (κ1) is 23.9. The Morgan fingerprint density at radius 2 is 1.87 bits per heavy atom. The van der Waals surface area contributed by atoms with Crippen molar-refractivity contribution in [3.63, 3.8) is 0 Å². The first-order chi connectivity index (χ1) is 14.0. The highest BCUT2D eigenvalue weighted by Crippen LogP contribution is 2.40. The van der Waals surface area contributed by atoms with Crippen LogP contribution in [0.25, 0.3) is 0 Å². The predicted octanol–water partition coefficient (Wildman–Crippen LogP) is 4.71. The molecule has 30 heavy (non-hydrogen) atoms. The third-order valence-corrected chi connectivity index (χ3v) is 4.41. The van der Waals surface area contributed by atoms with Gasteiger partial charge in [-0.25, -0.2) is 14.6 Å². The third-order valence-electron chi connectivity index (χ3n) is 4.08. The lowest BCUT2D eigenvalue weighted by molar-refractivity contribution is -0.385. The SMILES string of the molecule is CCOC(=O)C1=C(C)N=C(C)N(C(=O)OCC(Cl)(Cl)Cl)C1c1ccccc1[N+](=O)[O-]. The molecular weight excluding hydrogens is 461 g/mol. The van der Waals surface area contributed by atoms with Crippen molar-refractivity contribution in [3.8, 4) is 0 Å². The Morgan fingerprint density at radius 1 is 1.23 bits per heavy atom. The number of ether oxygens (including phenoxy) is 2. The molecule has 0 N–H and O–H groups in total. The minimum absolute atomic E-state index is 0.0393. The lowest BCUT2D eigenvalue weighted by atomic mass is 9.93. The Labute approximate surface area is 187 Å². The van der Waals surface area contributed by atoms with Crippen LogP contribution in [-0.2, 0) is 14.3 Å². The van der Waals surface area contributed by atoms with Gasteiger partial charge in [-0.3, -0.25) is 15.0 Å². The van der Waals surface area contributed by atoms with Crippen LogP contribution in [0.5, 0.6) is 0 Å². The Morgan fingerprint density at radius 3 is 2.43 bits per heavy atom. The maximum atomic E-state index is 12.9. The molecule has 0 radical (unpaired) electrons. The van der Waals surface area contributed by atoms with E-state index in [-0.39, 0.29) is 35.0 Å². The van der Waals surface area contributed by atoms with Gasteiger partial charge >= 0.3 is 12.1 Å². The van der Waals surface area contributed by atoms with E-state index in [2.05, 4.69) is 4.99 Å². The molecule has 0 fully saturated rings. The minimum atomic E-state index is -1.87. The van der Waals surface area contributed by atoms with Gasteiger partial charge in [0.25, 0.3) is 5.69 Å². The number of nitro groups is 1. The maximum absolute atomic E-state index is 12.9. The summed E-state index contributed by atoms with van der Waals surface area (Å²) >= 11 is 16.9. The molecule has 1 aliphatic heterocycles. The molecule has 0 saturated carbocycles. The van der Waals surface area contributed by atoms with E-state index < -0.39 is 33.4 Å². The first-order valence-corrected chi connectivity index (χ1v) is 9.80. The molecule has 1 atom stereocenters. The molecule has 12 heteroatoms. The lowest BCUT2D eigenvalue weighted by Gasteiger charge is -2.35. The Bertz CT molecular complexity index is 926. The molecule has 0 aromatic heterocycles. The van der Waals surface area contributed by atoms with Crippen LogP contribution >= 0.6 is 34.8 Å². The zero-order chi connectivity index (χ0) is 22.6. The molecule has 1 aliphatic rings. The van der Waals surface area contributed by atoms with Crippen LogP contribution in [0.4, 0.5) is 10.5 Å². The number of esters is 1. The minimum Gasteiger partial charge on any atom is -0.463 e. The van der Waals surface area contributed by atoms with Crippen molar-refractivity contribution < 1.29 is 24.0 Å². The molecule has 1 aromatic rings. The fraction of sp³-hybridized carbons (Fsp3) is 0.389. The summed E-state index contributed by atoms with van der Waals surface area (Å²) in [6.45, 7) is 4.12. The van der Waals surface area contributed by atoms with Crippen LogP contribution in [0, 0.1) is 10.1 Å². The number of amides is 1. The molecule has 1 aromatic carbocycles. The second kappa shape index (κ2) is 9.63. The van der Waals surface area contributed by atoms with Gasteiger partial charge in [0.2, 0.25) is 3.79 Å². The number of aliphatic imine (C=N–C) groups is 1. The van der Waals surface area contributed by atoms with E-state index >= 15 is 0 Å². The van der Waals surface area contributed by atoms with E-state index in [1.54, 1.807) is 19.9 Å². The van der Waals surface area contributed by atoms with E-state index in [9.17, 15) is 19.7 Å². The number of carbonyl (C=O) groups excluding carboxylic acids is 2. The van der Waals surface area contributed by atoms with Gasteiger partial charge in [0.15, 0.2) is 0 Å². The fourth-order valence-corrected chi connectivity index (χ4v) is 3.13. The summed E-state index contributed by atoms with van der Waals surface area (Å²) in [6, 6.07) is 4.48. The van der Waals surface area contributed by atoms with Gasteiger partial charge in [-0.2, -0.15) is 0 Å². The number of benzene rings is 1. The number of carbonyl (C=O) groups is 2. The number of halogens is 3. The van der Waals surface area contributed by atoms with E-state index in [1.807, 2.05) is 0 Å². The summed E-state index contributed by atoms with van der Waals surface area (Å²) in [5.41, 5.74) is -0.0157. The van der Waals surface area contributed by atoms with Crippen LogP contribution in [0.1, 0.15) is 32.4 Å². The van der Waals surface area contributed by atoms with Gasteiger partial charge in [0.05, 0.1) is 28.4 Å². The fourth-order valence-electron chi connectivity index (χ4n) is 2.97. The number of nitro benzene ring substituents is 1. The van der Waals surface area contributed by atoms with Crippen molar-refractivity contribution in [1.29, 1.82) is 0 Å². The molecule has 0 aliphatic carbocycles. The van der Waals surface area contributed by atoms with Gasteiger partial charge < -0.3 is 9.47 Å². The molecule has 1 heterocycles. The summed E-state index contributed by atoms with van der Waals surface area (Å²) in [4.78, 5) is 41.8. The topological polar surface area (TPSA) is 111 Å². The zero-order valence-electron chi connectivity index (χ0n) is 16.2. The molecule has 162 valence electrons. The Hall–Kier alpha value is -2.36. The van der Waals surface area contributed by atoms with Crippen LogP contribution in [0.2, 0.25) is 0 Å². The molecule has 2 rings (SSSR count). The van der Waals surface area contributed by atoms with Crippen molar-refractivity contribution in [2.75, 3.05) is 13.2 Å². The van der Waals surface area contributed by atoms with Gasteiger partial charge in [0.1, 0.15) is 18.5 Å². The average molecular weight is 479 g/mol. The third kappa shape index (κ3) is 5.41. The highest BCUT2D eigenvalue weighted by molar-refractivity contribution is 6.67. The van der Waals surface area contributed by atoms with Crippen molar-refractivity contribution in [2.24, 2.45) is 4.99 Å². The van der Waals surface area contributed by atoms with Gasteiger partial charge in [-0.05, 0) is 26.8 Å². The monoisotopic (exact) mass is 477 g/mol. The highest BCUT2D eigenvalue weighted by atomic mass is 35.6. The summed E-state index contributed by atoms with van der Waals surface area (Å²) in [5.74, 6) is -0.633. The molecule has 0 saturated heterocycles. The van der Waals surface area contributed by atoms with Crippen LogP contribution in [0.3, 0.4) is 0 Å². The second-order valence-electron chi connectivity index (χ2n) is 6.14. The number of amidine groups is 1. The molecule has 1 amide bonds. The number of allylic oxidation sites excluding steroid dienone is 1. The predicted molar refractivity (Wildman–Crippen MR) is 112 cm³/mol. The maximum Gasteiger partial charge on any atom is 0.416 e. The second-order valence-corrected chi connectivity index (χ2v) is 8.65. The standard InChI is InChI=1S/C18H18Cl3N3O6/c1-4-29-16(25)14-10(2)22-11(3)23(17(26)30-9-18(19,20)21)15(14)12-7-5-6-8-13(12)24(27)28/h5-8,15H,4,9H2,1-3H3. The van der Waals surface area contributed by atoms with E-state index in [1.165, 1.54) is 25.1 Å². The molecule has 1 unspecified atom stereocenters. The summed E-state index contributed by atoms with van der Waals surface area (Å²) in [5, 5.41) is 11.6. The molecule has 0 spiro atoms. The van der Waals surface area contributed by atoms with Crippen molar-refractivity contribution in [1.82, 2.24) is 4.90 Å². The quantitative estimate of drug-likeness (QED) is 0.262. The number of hydrogen-bond donors (Lipinski definition) is 0. The van der Waals surface area contributed by atoms with Gasteiger partial charge in [-0.15, -0.1) is 0 Å². The van der Waals surface area contributed by atoms with Gasteiger partial charge in [0, 0.05) is 6.07 Å². The highest BCUT2D eigenvalue weighted by Gasteiger charge is 2.42. The smallest absolute Gasteiger partial charge is 0.416 e. The van der Waals surface area contributed by atoms with Crippen LogP contribution in [-0.4, -0.2) is 44.7 Å². The summed E-state index contributed by atoms with van der Waals surface area (Å²) in [7, 11) is 0. The molecule has 9 nitrogen and oxygen atoms in total. The summed E-state index contributed by atoms with van der Waals surface area (Å²) in [6.07, 6.45) is -1.000. The summed E-state index contributed by atoms with van der Waals surface area (Å²) < 4.78 is 8.29. The number of alkyl halides is 3. The van der Waals surface area contributed by atoms with Crippen LogP contribution in [0.15, 0.2) is 40.5 Å². The Kier molecular flexibility index (Phi) is 7.68. The number of hydrogen-bond acceptors (Lipinski definition) is 7. The molecular formula is C18H18Cl3N3O6. The van der Waals surface area contributed by atoms with Crippen molar-refractivity contribution in [2.45, 2.75) is 30.6 Å². The zero-order valence-corrected chi connectivity index (χ0v) is 18.5. The van der Waals surface area contributed by atoms with E-state index in [0.717, 1.165) is 4.90 Å². The van der Waals surface area contributed by atoms with E-state index in [4.69, 9.17) is 44.3 Å². The van der Waals surface area contributed by atoms with E-state index in [0.29, 0.717) is 0 Å². The molecule has 0 bridgehead atoms. The first-order valence-electron chi connectivity index (χ1n) is 8.67. The van der Waals surface area contributed by atoms with Crippen molar-refractivity contribution >= 4 is 58.4 Å². The van der Waals surface area contributed by atoms with Crippen molar-refractivity contribution in [3.05, 3.63) is 51.2 Å². The largest absolute Gasteiger partial charge is 0.463 e. The number of nitrogens with zero attached hydrogens (tertiary/aromatic N) is 3. The normalized spacial score (nSPS) is 16.8. The lowest BCUT2D eigenvalue weighted by Crippen LogP contribution is -2.44. The van der Waals surface area contributed by atoms with Crippen LogP contribution < -0.4 is 0 Å². The average Bonchev–Trinajstić information content (AvgIpc) is 2.65. The number of para-hydroxylation sites is 1.